The first-order valence-electron chi connectivity index (χ1n) is 17.3. The molecule has 3 aliphatic rings. The number of nitrogens with zero attached hydrogens (tertiary/aromatic N) is 6. The van der Waals surface area contributed by atoms with Crippen molar-refractivity contribution in [1.82, 2.24) is 34.9 Å². The van der Waals surface area contributed by atoms with Crippen LogP contribution in [-0.2, 0) is 14.3 Å². The number of carbonyl (C=O) groups is 2. The van der Waals surface area contributed by atoms with Crippen LogP contribution in [0.1, 0.15) is 42.9 Å². The number of hydrogen-bond acceptors (Lipinski definition) is 8. The van der Waals surface area contributed by atoms with E-state index >= 15 is 0 Å². The van der Waals surface area contributed by atoms with Gasteiger partial charge in [0.1, 0.15) is 5.69 Å². The van der Waals surface area contributed by atoms with E-state index in [1.54, 1.807) is 19.5 Å². The highest BCUT2D eigenvalue weighted by molar-refractivity contribution is 6.00. The lowest BCUT2D eigenvalue weighted by Gasteiger charge is -2.30. The van der Waals surface area contributed by atoms with Crippen molar-refractivity contribution in [2.75, 3.05) is 51.8 Å². The molecule has 50 heavy (non-hydrogen) atoms. The number of aromatic nitrogens is 5. The van der Waals surface area contributed by atoms with Gasteiger partial charge in [-0.05, 0) is 73.2 Å². The predicted molar refractivity (Wildman–Crippen MR) is 192 cm³/mol. The molecule has 1 saturated carbocycles. The van der Waals surface area contributed by atoms with Crippen LogP contribution in [0, 0.1) is 5.41 Å². The molecule has 2 aliphatic heterocycles. The molecule has 2 N–H and O–H groups in total. The molecule has 0 unspecified atom stereocenters. The molecule has 0 spiro atoms. The fraction of sp³-hybridized carbons (Fsp3) is 0.333. The Morgan fingerprint density at radius 3 is 2.54 bits per heavy atom. The first kappa shape index (κ1) is 32.0. The molecule has 0 bridgehead atoms. The number of fused-ring (bicyclic) bond motifs is 1. The van der Waals surface area contributed by atoms with Gasteiger partial charge in [-0.3, -0.25) is 24.6 Å². The summed E-state index contributed by atoms with van der Waals surface area (Å²) in [6, 6.07) is 20.0. The third-order valence-electron chi connectivity index (χ3n) is 10.2. The highest BCUT2D eigenvalue weighted by Gasteiger charge is 2.46. The third kappa shape index (κ3) is 6.54. The van der Waals surface area contributed by atoms with Gasteiger partial charge in [-0.1, -0.05) is 30.3 Å². The molecular formula is C39H40N8O3. The molecule has 1 aliphatic carbocycles. The van der Waals surface area contributed by atoms with Crippen LogP contribution in [0.3, 0.4) is 0 Å². The quantitative estimate of drug-likeness (QED) is 0.198. The molecule has 11 nitrogen and oxygen atoms in total. The van der Waals surface area contributed by atoms with Crippen LogP contribution in [0.25, 0.3) is 39.1 Å². The van der Waals surface area contributed by atoms with Crippen LogP contribution in [-0.4, -0.2) is 93.2 Å². The van der Waals surface area contributed by atoms with Crippen molar-refractivity contribution in [2.24, 2.45) is 5.41 Å². The largest absolute Gasteiger partial charge is 0.383 e. The number of hydrogen-bond donors (Lipinski definition) is 2. The number of H-pyrrole nitrogens is 1. The average Bonchev–Trinajstić information content (AvgIpc) is 3.79. The smallest absolute Gasteiger partial charge is 0.236 e. The summed E-state index contributed by atoms with van der Waals surface area (Å²) in [5, 5.41) is 11.8. The van der Waals surface area contributed by atoms with E-state index in [4.69, 9.17) is 4.74 Å². The summed E-state index contributed by atoms with van der Waals surface area (Å²) >= 11 is 0. The zero-order chi connectivity index (χ0) is 34.1. The fourth-order valence-corrected chi connectivity index (χ4v) is 7.19. The first-order chi connectivity index (χ1) is 24.5. The van der Waals surface area contributed by atoms with Crippen molar-refractivity contribution in [1.29, 1.82) is 0 Å². The van der Waals surface area contributed by atoms with Gasteiger partial charge in [-0.25, -0.2) is 9.97 Å². The van der Waals surface area contributed by atoms with E-state index in [9.17, 15) is 9.59 Å². The Kier molecular flexibility index (Phi) is 8.68. The molecular weight excluding hydrogens is 628 g/mol. The van der Waals surface area contributed by atoms with Crippen LogP contribution in [0.4, 0.5) is 5.69 Å². The third-order valence-corrected chi connectivity index (χ3v) is 10.2. The van der Waals surface area contributed by atoms with E-state index in [2.05, 4.69) is 71.8 Å². The monoisotopic (exact) mass is 668 g/mol. The highest BCUT2D eigenvalue weighted by atomic mass is 16.5. The van der Waals surface area contributed by atoms with Gasteiger partial charge >= 0.3 is 0 Å². The van der Waals surface area contributed by atoms with E-state index < -0.39 is 5.41 Å². The van der Waals surface area contributed by atoms with Crippen LogP contribution in [0.2, 0.25) is 0 Å². The maximum Gasteiger partial charge on any atom is 0.236 e. The molecule has 3 aromatic heterocycles. The van der Waals surface area contributed by atoms with E-state index in [1.165, 1.54) is 24.0 Å². The Balaban J connectivity index is 0.900. The molecule has 8 rings (SSSR count). The number of rotatable bonds is 10. The van der Waals surface area contributed by atoms with Gasteiger partial charge in [0.05, 0.1) is 24.1 Å². The lowest BCUT2D eigenvalue weighted by Crippen LogP contribution is -2.45. The number of amides is 2. The Morgan fingerprint density at radius 2 is 1.78 bits per heavy atom. The van der Waals surface area contributed by atoms with E-state index in [-0.39, 0.29) is 18.4 Å². The highest BCUT2D eigenvalue weighted by Crippen LogP contribution is 2.40. The van der Waals surface area contributed by atoms with Gasteiger partial charge in [-0.2, -0.15) is 5.10 Å². The fourth-order valence-electron chi connectivity index (χ4n) is 7.19. The van der Waals surface area contributed by atoms with Crippen LogP contribution < -0.4 is 5.32 Å². The van der Waals surface area contributed by atoms with Gasteiger partial charge in [-0.15, -0.1) is 0 Å². The van der Waals surface area contributed by atoms with Gasteiger partial charge < -0.3 is 15.0 Å². The molecule has 1 atom stereocenters. The van der Waals surface area contributed by atoms with Crippen molar-refractivity contribution < 1.29 is 14.3 Å². The Bertz CT molecular complexity index is 2060. The molecule has 5 aromatic rings. The Labute approximate surface area is 290 Å². The summed E-state index contributed by atoms with van der Waals surface area (Å²) < 4.78 is 5.58. The van der Waals surface area contributed by atoms with E-state index in [0.29, 0.717) is 50.0 Å². The molecule has 2 fully saturated rings. The van der Waals surface area contributed by atoms with Gasteiger partial charge in [0.15, 0.2) is 5.82 Å². The molecule has 11 heteroatoms. The summed E-state index contributed by atoms with van der Waals surface area (Å²) in [6.07, 6.45) is 11.3. The van der Waals surface area contributed by atoms with Crippen LogP contribution >= 0.6 is 0 Å². The number of likely N-dealkylation sites (tertiary alicyclic amines) is 1. The molecule has 2 amide bonds. The number of pyridine rings is 1. The zero-order valence-corrected chi connectivity index (χ0v) is 28.1. The van der Waals surface area contributed by atoms with Crippen molar-refractivity contribution in [3.63, 3.8) is 0 Å². The van der Waals surface area contributed by atoms with Crippen molar-refractivity contribution in [2.45, 2.75) is 31.6 Å². The van der Waals surface area contributed by atoms with Crippen molar-refractivity contribution >= 4 is 34.0 Å². The Hall–Kier alpha value is -5.26. The summed E-state index contributed by atoms with van der Waals surface area (Å²) in [4.78, 5) is 44.7. The maximum atomic E-state index is 13.9. The van der Waals surface area contributed by atoms with Crippen LogP contribution in [0.15, 0.2) is 85.3 Å². The number of benzene rings is 2. The maximum absolute atomic E-state index is 13.9. The summed E-state index contributed by atoms with van der Waals surface area (Å²) in [5.41, 5.74) is 7.11. The summed E-state index contributed by atoms with van der Waals surface area (Å²) in [6.45, 7) is 2.86. The van der Waals surface area contributed by atoms with Gasteiger partial charge in [0, 0.05) is 85.7 Å². The lowest BCUT2D eigenvalue weighted by molar-refractivity contribution is -0.133. The number of methoxy groups -OCH3 is 1. The topological polar surface area (TPSA) is 129 Å². The minimum absolute atomic E-state index is 0.0345. The standard InChI is InChI=1S/C39H40N8O3/c1-50-25-39(38(49)43-31-9-10-33-32(22-31)36(45-44-33)30-11-17-40-34(21-30)28-5-6-28)14-20-47(24-39)35(48)23-46-18-12-27(13-19-46)26-3-7-29(8-4-26)37-41-15-2-16-42-37/h2-4,7-12,15-17,21-22,28H,5-6,13-14,18-20,23-25H2,1H3,(H,43,49)(H,44,45)/t39-/m1/s1. The second-order valence-electron chi connectivity index (χ2n) is 13.7. The number of nitrogens with one attached hydrogen (secondary N) is 2. The molecule has 0 radical (unpaired) electrons. The average molecular weight is 669 g/mol. The number of aromatic amines is 1. The van der Waals surface area contributed by atoms with Crippen molar-refractivity contribution in [3.8, 4) is 22.6 Å². The minimum Gasteiger partial charge on any atom is -0.383 e. The molecule has 254 valence electrons. The summed E-state index contributed by atoms with van der Waals surface area (Å²) in [5.74, 6) is 1.14. The second-order valence-corrected chi connectivity index (χ2v) is 13.7. The first-order valence-corrected chi connectivity index (χ1v) is 17.3. The van der Waals surface area contributed by atoms with E-state index in [0.717, 1.165) is 46.4 Å². The normalized spacial score (nSPS) is 19.5. The number of carbonyl (C=O) groups excluding carboxylic acids is 2. The van der Waals surface area contributed by atoms with E-state index in [1.807, 2.05) is 41.4 Å². The predicted octanol–water partition coefficient (Wildman–Crippen LogP) is 5.55. The van der Waals surface area contributed by atoms with Gasteiger partial charge in [0.25, 0.3) is 0 Å². The summed E-state index contributed by atoms with van der Waals surface area (Å²) in [7, 11) is 1.61. The SMILES string of the molecule is COC[C@@]1(C(=O)Nc2ccc3[nH]nc(-c4ccnc(C5CC5)c4)c3c2)CCN(C(=O)CN2CC=C(c3ccc(-c4ncccn4)cc3)CC2)C1. The second kappa shape index (κ2) is 13.6. The zero-order valence-electron chi connectivity index (χ0n) is 28.1. The number of anilines is 1. The molecule has 2 aromatic carbocycles. The Morgan fingerprint density at radius 1 is 0.960 bits per heavy atom. The van der Waals surface area contributed by atoms with Gasteiger partial charge in [0.2, 0.25) is 11.8 Å². The van der Waals surface area contributed by atoms with Crippen molar-refractivity contribution in [3.05, 3.63) is 96.6 Å². The lowest BCUT2D eigenvalue weighted by atomic mass is 9.86. The number of ether oxygens (including phenoxy) is 1. The molecule has 5 heterocycles. The minimum atomic E-state index is -0.839. The molecule has 1 saturated heterocycles. The van der Waals surface area contributed by atoms with Crippen LogP contribution in [0.5, 0.6) is 0 Å².